The topological polar surface area (TPSA) is 72.5 Å². The van der Waals surface area contributed by atoms with E-state index in [2.05, 4.69) is 15.9 Å². The molecule has 0 bridgehead atoms. The Bertz CT molecular complexity index is 732. The smallest absolute Gasteiger partial charge is 0.271 e. The van der Waals surface area contributed by atoms with Gasteiger partial charge in [0.1, 0.15) is 5.75 Å². The molecule has 0 saturated heterocycles. The van der Waals surface area contributed by atoms with Crippen LogP contribution in [0.4, 0.5) is 0 Å². The van der Waals surface area contributed by atoms with E-state index in [-0.39, 0.29) is 11.5 Å². The number of amides is 1. The lowest BCUT2D eigenvalue weighted by Gasteiger charge is -2.08. The average Bonchev–Trinajstić information content (AvgIpc) is 2.46. The van der Waals surface area contributed by atoms with Crippen LogP contribution in [0.5, 0.6) is 5.75 Å². The first kappa shape index (κ1) is 15.5. The highest BCUT2D eigenvalue weighted by Gasteiger charge is 2.17. The van der Waals surface area contributed by atoms with Crippen molar-refractivity contribution in [1.29, 1.82) is 0 Å². The van der Waals surface area contributed by atoms with Gasteiger partial charge in [-0.05, 0) is 30.3 Å². The van der Waals surface area contributed by atoms with Crippen LogP contribution in [0.1, 0.15) is 0 Å². The summed E-state index contributed by atoms with van der Waals surface area (Å²) in [5.41, 5.74) is 0. The third-order valence-electron chi connectivity index (χ3n) is 2.47. The predicted molar refractivity (Wildman–Crippen MR) is 81.4 cm³/mol. The summed E-state index contributed by atoms with van der Waals surface area (Å²) in [5.74, 6) is -0.268. The molecule has 2 aromatic carbocycles. The van der Waals surface area contributed by atoms with Crippen molar-refractivity contribution in [2.75, 3.05) is 6.61 Å². The Labute approximate surface area is 131 Å². The minimum absolute atomic E-state index is 0.0285. The highest BCUT2D eigenvalue weighted by molar-refractivity contribution is 9.10. The van der Waals surface area contributed by atoms with Gasteiger partial charge in [-0.1, -0.05) is 40.2 Å². The van der Waals surface area contributed by atoms with Crippen LogP contribution in [0.2, 0.25) is 0 Å². The fraction of sp³-hybridized carbons (Fsp3) is 0.0714. The normalized spacial score (nSPS) is 10.9. The Morgan fingerprint density at radius 1 is 1.10 bits per heavy atom. The molecule has 7 heteroatoms. The van der Waals surface area contributed by atoms with Crippen LogP contribution >= 0.6 is 15.9 Å². The molecule has 0 aromatic heterocycles. The Kier molecular flexibility index (Phi) is 4.98. The molecular weight excluding hydrogens is 358 g/mol. The number of carbonyl (C=O) groups is 1. The van der Waals surface area contributed by atoms with Gasteiger partial charge in [0.15, 0.2) is 6.61 Å². The van der Waals surface area contributed by atoms with E-state index in [1.54, 1.807) is 36.4 Å². The lowest BCUT2D eigenvalue weighted by atomic mass is 10.3. The summed E-state index contributed by atoms with van der Waals surface area (Å²) in [6.07, 6.45) is 0. The summed E-state index contributed by atoms with van der Waals surface area (Å²) >= 11 is 3.27. The fourth-order valence-corrected chi connectivity index (χ4v) is 2.91. The van der Waals surface area contributed by atoms with Gasteiger partial charge in [0, 0.05) is 4.47 Å². The largest absolute Gasteiger partial charge is 0.484 e. The second-order valence-electron chi connectivity index (χ2n) is 4.09. The van der Waals surface area contributed by atoms with Gasteiger partial charge < -0.3 is 4.74 Å². The lowest BCUT2D eigenvalue weighted by Crippen LogP contribution is -2.34. The molecule has 0 aliphatic rings. The van der Waals surface area contributed by atoms with Crippen molar-refractivity contribution in [3.8, 4) is 5.75 Å². The number of hydrogen-bond donors (Lipinski definition) is 1. The predicted octanol–water partition coefficient (Wildman–Crippen LogP) is 2.33. The average molecular weight is 370 g/mol. The maximum Gasteiger partial charge on any atom is 0.271 e. The molecule has 0 heterocycles. The highest BCUT2D eigenvalue weighted by atomic mass is 79.9. The number of hydrogen-bond acceptors (Lipinski definition) is 4. The zero-order chi connectivity index (χ0) is 15.3. The number of nitrogens with one attached hydrogen (secondary N) is 1. The van der Waals surface area contributed by atoms with Gasteiger partial charge in [-0.25, -0.2) is 13.1 Å². The molecule has 0 fully saturated rings. The standard InChI is InChI=1S/C14H12BrNO4S/c15-11-5-4-6-12(9-11)20-10-14(17)16-21(18,19)13-7-2-1-3-8-13/h1-9H,10H2,(H,16,17). The van der Waals surface area contributed by atoms with Crippen molar-refractivity contribution in [1.82, 2.24) is 4.72 Å². The second kappa shape index (κ2) is 6.73. The van der Waals surface area contributed by atoms with Crippen molar-refractivity contribution in [3.63, 3.8) is 0 Å². The van der Waals surface area contributed by atoms with Crippen molar-refractivity contribution in [2.45, 2.75) is 4.90 Å². The molecule has 0 spiro atoms. The van der Waals surface area contributed by atoms with E-state index in [0.29, 0.717) is 5.75 Å². The molecule has 110 valence electrons. The zero-order valence-electron chi connectivity index (χ0n) is 10.8. The van der Waals surface area contributed by atoms with Gasteiger partial charge in [-0.2, -0.15) is 0 Å². The molecule has 21 heavy (non-hydrogen) atoms. The van der Waals surface area contributed by atoms with Gasteiger partial charge in [-0.3, -0.25) is 4.79 Å². The van der Waals surface area contributed by atoms with E-state index < -0.39 is 15.9 Å². The van der Waals surface area contributed by atoms with Crippen LogP contribution in [0.3, 0.4) is 0 Å². The van der Waals surface area contributed by atoms with Gasteiger partial charge >= 0.3 is 0 Å². The van der Waals surface area contributed by atoms with Crippen LogP contribution in [0.15, 0.2) is 64.0 Å². The summed E-state index contributed by atoms with van der Waals surface area (Å²) in [5, 5.41) is 0. The van der Waals surface area contributed by atoms with Gasteiger partial charge in [0.2, 0.25) is 0 Å². The summed E-state index contributed by atoms with van der Waals surface area (Å²) in [6.45, 7) is -0.386. The van der Waals surface area contributed by atoms with E-state index in [1.165, 1.54) is 12.1 Å². The molecule has 0 atom stereocenters. The first-order chi connectivity index (χ1) is 9.97. The summed E-state index contributed by atoms with van der Waals surface area (Å²) in [6, 6.07) is 14.6. The van der Waals surface area contributed by atoms with Gasteiger partial charge in [0.25, 0.3) is 15.9 Å². The Morgan fingerprint density at radius 3 is 2.48 bits per heavy atom. The van der Waals surface area contributed by atoms with Crippen molar-refractivity contribution in [3.05, 3.63) is 59.1 Å². The maximum absolute atomic E-state index is 11.9. The summed E-state index contributed by atoms with van der Waals surface area (Å²) in [7, 11) is -3.86. The molecule has 1 N–H and O–H groups in total. The van der Waals surface area contributed by atoms with Crippen molar-refractivity contribution < 1.29 is 17.9 Å². The van der Waals surface area contributed by atoms with E-state index in [0.717, 1.165) is 4.47 Å². The highest BCUT2D eigenvalue weighted by Crippen LogP contribution is 2.17. The Morgan fingerprint density at radius 2 is 1.81 bits per heavy atom. The molecule has 0 radical (unpaired) electrons. The van der Waals surface area contributed by atoms with Crippen molar-refractivity contribution >= 4 is 31.9 Å². The maximum atomic E-state index is 11.9. The number of benzene rings is 2. The van der Waals surface area contributed by atoms with Crippen molar-refractivity contribution in [2.24, 2.45) is 0 Å². The van der Waals surface area contributed by atoms with E-state index in [4.69, 9.17) is 4.74 Å². The molecule has 2 aromatic rings. The van der Waals surface area contributed by atoms with Crippen LogP contribution in [-0.4, -0.2) is 20.9 Å². The molecule has 0 saturated carbocycles. The molecule has 1 amide bonds. The minimum atomic E-state index is -3.86. The molecular formula is C14H12BrNO4S. The van der Waals surface area contributed by atoms with Gasteiger partial charge in [0.05, 0.1) is 4.90 Å². The lowest BCUT2D eigenvalue weighted by molar-refractivity contribution is -0.121. The van der Waals surface area contributed by atoms with Crippen LogP contribution < -0.4 is 9.46 Å². The Balaban J connectivity index is 1.96. The third kappa shape index (κ3) is 4.57. The molecule has 0 unspecified atom stereocenters. The van der Waals surface area contributed by atoms with E-state index >= 15 is 0 Å². The number of carbonyl (C=O) groups excluding carboxylic acids is 1. The molecule has 2 rings (SSSR count). The monoisotopic (exact) mass is 369 g/mol. The first-order valence-electron chi connectivity index (χ1n) is 5.96. The fourth-order valence-electron chi connectivity index (χ4n) is 1.54. The SMILES string of the molecule is O=C(COc1cccc(Br)c1)NS(=O)(=O)c1ccccc1. The minimum Gasteiger partial charge on any atom is -0.484 e. The number of sulfonamides is 1. The number of halogens is 1. The molecule has 0 aliphatic carbocycles. The zero-order valence-corrected chi connectivity index (χ0v) is 13.2. The second-order valence-corrected chi connectivity index (χ2v) is 6.69. The van der Waals surface area contributed by atoms with Crippen LogP contribution in [0, 0.1) is 0 Å². The first-order valence-corrected chi connectivity index (χ1v) is 8.24. The summed E-state index contributed by atoms with van der Waals surface area (Å²) in [4.78, 5) is 11.7. The number of ether oxygens (including phenoxy) is 1. The summed E-state index contributed by atoms with van der Waals surface area (Å²) < 4.78 is 31.8. The number of rotatable bonds is 5. The van der Waals surface area contributed by atoms with Gasteiger partial charge in [-0.15, -0.1) is 0 Å². The quantitative estimate of drug-likeness (QED) is 0.877. The molecule has 0 aliphatic heterocycles. The Hall–Kier alpha value is -1.86. The van der Waals surface area contributed by atoms with E-state index in [1.807, 2.05) is 10.8 Å². The van der Waals surface area contributed by atoms with Crippen LogP contribution in [0.25, 0.3) is 0 Å². The third-order valence-corrected chi connectivity index (χ3v) is 4.35. The van der Waals surface area contributed by atoms with E-state index in [9.17, 15) is 13.2 Å². The molecule has 5 nitrogen and oxygen atoms in total. The van der Waals surface area contributed by atoms with Crippen LogP contribution in [-0.2, 0) is 14.8 Å².